The number of hydrogen-bond donors (Lipinski definition) is 0. The molecule has 0 saturated carbocycles. The number of rotatable bonds is 6. The van der Waals surface area contributed by atoms with Crippen molar-refractivity contribution >= 4 is 11.8 Å². The maximum absolute atomic E-state index is 5.48. The molecule has 0 amide bonds. The summed E-state index contributed by atoms with van der Waals surface area (Å²) < 4.78 is 5.48. The third kappa shape index (κ3) is 3.76. The number of hydrogen-bond acceptors (Lipinski definition) is 4. The van der Waals surface area contributed by atoms with E-state index < -0.39 is 0 Å². The summed E-state index contributed by atoms with van der Waals surface area (Å²) in [6, 6.07) is 5.90. The van der Waals surface area contributed by atoms with Crippen molar-refractivity contribution < 1.29 is 4.74 Å². The van der Waals surface area contributed by atoms with Gasteiger partial charge in [-0.05, 0) is 74.4 Å². The van der Waals surface area contributed by atoms with Crippen LogP contribution in [0.4, 0.5) is 0 Å². The Morgan fingerprint density at radius 3 is 2.79 bits per heavy atom. The van der Waals surface area contributed by atoms with Gasteiger partial charge in [-0.2, -0.15) is 11.8 Å². The second-order valence-corrected chi connectivity index (χ2v) is 8.32. The molecule has 2 heterocycles. The fraction of sp³-hybridized carbons (Fsp3) is 0.700. The quantitative estimate of drug-likeness (QED) is 0.778. The van der Waals surface area contributed by atoms with E-state index in [2.05, 4.69) is 42.0 Å². The van der Waals surface area contributed by atoms with E-state index in [0.29, 0.717) is 6.04 Å². The third-order valence-corrected chi connectivity index (χ3v) is 6.65. The Balaban J connectivity index is 1.76. The minimum absolute atomic E-state index is 0.702. The molecule has 2 atom stereocenters. The van der Waals surface area contributed by atoms with Gasteiger partial charge in [-0.15, -0.1) is 0 Å². The van der Waals surface area contributed by atoms with Gasteiger partial charge >= 0.3 is 0 Å². The van der Waals surface area contributed by atoms with Gasteiger partial charge in [0.05, 0.1) is 7.11 Å². The predicted octanol–water partition coefficient (Wildman–Crippen LogP) is 3.71. The summed E-state index contributed by atoms with van der Waals surface area (Å²) in [6.07, 6.45) is 6.29. The van der Waals surface area contributed by atoms with Crippen molar-refractivity contribution in [2.24, 2.45) is 0 Å². The molecule has 1 aromatic carbocycles. The summed E-state index contributed by atoms with van der Waals surface area (Å²) >= 11 is 1.98. The van der Waals surface area contributed by atoms with Crippen molar-refractivity contribution in [3.8, 4) is 5.75 Å². The van der Waals surface area contributed by atoms with Crippen LogP contribution in [-0.4, -0.2) is 60.6 Å². The Labute approximate surface area is 151 Å². The van der Waals surface area contributed by atoms with E-state index in [1.807, 2.05) is 11.8 Å². The summed E-state index contributed by atoms with van der Waals surface area (Å²) in [6.45, 7) is 9.33. The third-order valence-electron chi connectivity index (χ3n) is 6.00. The lowest BCUT2D eigenvalue weighted by Crippen LogP contribution is -2.55. The Morgan fingerprint density at radius 2 is 2.04 bits per heavy atom. The lowest BCUT2D eigenvalue weighted by molar-refractivity contribution is 0.0441. The van der Waals surface area contributed by atoms with Crippen LogP contribution in [0.15, 0.2) is 12.1 Å². The first-order valence-corrected chi connectivity index (χ1v) is 10.6. The highest BCUT2D eigenvalue weighted by molar-refractivity contribution is 7.98. The molecule has 0 spiro atoms. The number of nitrogens with zero attached hydrogens (tertiary/aromatic N) is 2. The van der Waals surface area contributed by atoms with Crippen LogP contribution < -0.4 is 4.74 Å². The minimum atomic E-state index is 0.702. The van der Waals surface area contributed by atoms with Gasteiger partial charge in [-0.3, -0.25) is 9.80 Å². The Bertz CT molecular complexity index is 563. The summed E-state index contributed by atoms with van der Waals surface area (Å²) in [5, 5.41) is 0. The Kier molecular flexibility index (Phi) is 6.12. The van der Waals surface area contributed by atoms with Gasteiger partial charge < -0.3 is 4.74 Å². The number of methoxy groups -OCH3 is 1. The number of benzene rings is 1. The summed E-state index contributed by atoms with van der Waals surface area (Å²) in [5.41, 5.74) is 4.15. The highest BCUT2D eigenvalue weighted by Gasteiger charge is 2.36. The van der Waals surface area contributed by atoms with E-state index in [1.54, 1.807) is 7.11 Å². The smallest absolute Gasteiger partial charge is 0.122 e. The molecule has 0 aliphatic carbocycles. The van der Waals surface area contributed by atoms with E-state index in [1.165, 1.54) is 61.3 Å². The van der Waals surface area contributed by atoms with E-state index in [0.717, 1.165) is 18.3 Å². The van der Waals surface area contributed by atoms with Gasteiger partial charge in [0.2, 0.25) is 0 Å². The van der Waals surface area contributed by atoms with Crippen LogP contribution in [0, 0.1) is 13.8 Å². The van der Waals surface area contributed by atoms with Gasteiger partial charge in [-0.1, -0.05) is 6.07 Å². The first kappa shape index (κ1) is 18.1. The molecule has 0 bridgehead atoms. The Morgan fingerprint density at radius 1 is 1.21 bits per heavy atom. The predicted molar refractivity (Wildman–Crippen MR) is 104 cm³/mol. The van der Waals surface area contributed by atoms with Crippen molar-refractivity contribution in [2.45, 2.75) is 51.7 Å². The maximum Gasteiger partial charge on any atom is 0.122 e. The first-order chi connectivity index (χ1) is 11.6. The van der Waals surface area contributed by atoms with Crippen LogP contribution in [-0.2, 0) is 6.54 Å². The molecule has 2 fully saturated rings. The highest BCUT2D eigenvalue weighted by atomic mass is 32.2. The summed E-state index contributed by atoms with van der Waals surface area (Å²) in [4.78, 5) is 5.50. The Hall–Kier alpha value is -0.710. The molecule has 0 N–H and O–H groups in total. The molecule has 2 saturated heterocycles. The van der Waals surface area contributed by atoms with E-state index in [9.17, 15) is 0 Å². The molecule has 134 valence electrons. The maximum atomic E-state index is 5.48. The van der Waals surface area contributed by atoms with Crippen LogP contribution >= 0.6 is 11.8 Å². The molecular weight excluding hydrogens is 316 g/mol. The standard InChI is InChI=1S/C20H32N2OS/c1-15-16(2)20(23-3)8-7-17(15)12-22-14-18-6-5-10-21(18)13-19(22)9-11-24-4/h7-8,18-19H,5-6,9-14H2,1-4H3/t18-,19+/m0/s1. The molecule has 24 heavy (non-hydrogen) atoms. The number of ether oxygens (including phenoxy) is 1. The fourth-order valence-electron chi connectivity index (χ4n) is 4.33. The molecule has 0 aromatic heterocycles. The van der Waals surface area contributed by atoms with Crippen LogP contribution in [0.3, 0.4) is 0 Å². The molecule has 1 aromatic rings. The monoisotopic (exact) mass is 348 g/mol. The van der Waals surface area contributed by atoms with Gasteiger partial charge in [0.25, 0.3) is 0 Å². The first-order valence-electron chi connectivity index (χ1n) is 9.24. The van der Waals surface area contributed by atoms with Gasteiger partial charge in [0.15, 0.2) is 0 Å². The fourth-order valence-corrected chi connectivity index (χ4v) is 4.84. The van der Waals surface area contributed by atoms with Crippen molar-refractivity contribution in [1.82, 2.24) is 9.80 Å². The zero-order chi connectivity index (χ0) is 17.1. The number of fused-ring (bicyclic) bond motifs is 1. The van der Waals surface area contributed by atoms with E-state index in [-0.39, 0.29) is 0 Å². The molecule has 3 rings (SSSR count). The number of thioether (sulfide) groups is 1. The lowest BCUT2D eigenvalue weighted by Gasteiger charge is -2.44. The SMILES string of the molecule is COc1ccc(CN2C[C@@H]3CCCN3C[C@H]2CCSC)c(C)c1C. The van der Waals surface area contributed by atoms with E-state index in [4.69, 9.17) is 4.74 Å². The molecule has 2 aliphatic rings. The van der Waals surface area contributed by atoms with Crippen LogP contribution in [0.5, 0.6) is 5.75 Å². The van der Waals surface area contributed by atoms with Gasteiger partial charge in [0.1, 0.15) is 5.75 Å². The normalized spacial score (nSPS) is 25.0. The second kappa shape index (κ2) is 8.11. The van der Waals surface area contributed by atoms with Crippen molar-refractivity contribution in [3.05, 3.63) is 28.8 Å². The highest BCUT2D eigenvalue weighted by Crippen LogP contribution is 2.30. The van der Waals surface area contributed by atoms with Gasteiger partial charge in [-0.25, -0.2) is 0 Å². The van der Waals surface area contributed by atoms with Gasteiger partial charge in [0, 0.05) is 31.7 Å². The largest absolute Gasteiger partial charge is 0.496 e. The van der Waals surface area contributed by atoms with Crippen LogP contribution in [0.1, 0.15) is 36.0 Å². The molecule has 0 radical (unpaired) electrons. The van der Waals surface area contributed by atoms with Crippen LogP contribution in [0.25, 0.3) is 0 Å². The van der Waals surface area contributed by atoms with Crippen molar-refractivity contribution in [1.29, 1.82) is 0 Å². The zero-order valence-electron chi connectivity index (χ0n) is 15.7. The molecule has 0 unspecified atom stereocenters. The zero-order valence-corrected chi connectivity index (χ0v) is 16.5. The molecule has 3 nitrogen and oxygen atoms in total. The molecule has 4 heteroatoms. The molecule has 2 aliphatic heterocycles. The topological polar surface area (TPSA) is 15.7 Å². The van der Waals surface area contributed by atoms with Crippen LogP contribution in [0.2, 0.25) is 0 Å². The number of piperazine rings is 1. The average molecular weight is 349 g/mol. The van der Waals surface area contributed by atoms with Crippen molar-refractivity contribution in [3.63, 3.8) is 0 Å². The minimum Gasteiger partial charge on any atom is -0.496 e. The van der Waals surface area contributed by atoms with E-state index >= 15 is 0 Å². The average Bonchev–Trinajstić information content (AvgIpc) is 3.04. The summed E-state index contributed by atoms with van der Waals surface area (Å²) in [5.74, 6) is 2.27. The lowest BCUT2D eigenvalue weighted by atomic mass is 9.99. The second-order valence-electron chi connectivity index (χ2n) is 7.33. The summed E-state index contributed by atoms with van der Waals surface area (Å²) in [7, 11) is 1.76. The van der Waals surface area contributed by atoms with Crippen molar-refractivity contribution in [2.75, 3.05) is 38.8 Å². The molecular formula is C20H32N2OS.